The van der Waals surface area contributed by atoms with E-state index in [1.54, 1.807) is 0 Å². The lowest BCUT2D eigenvalue weighted by atomic mass is 9.97. The molecule has 0 aliphatic rings. The van der Waals surface area contributed by atoms with E-state index in [1.807, 2.05) is 39.0 Å². The first-order valence-corrected chi connectivity index (χ1v) is 5.35. The van der Waals surface area contributed by atoms with E-state index in [1.165, 1.54) is 11.1 Å². The second kappa shape index (κ2) is 5.08. The Hall–Kier alpha value is -1.15. The minimum atomic E-state index is 0.191. The van der Waals surface area contributed by atoms with Gasteiger partial charge < -0.3 is 5.73 Å². The second-order valence-electron chi connectivity index (χ2n) is 4.27. The van der Waals surface area contributed by atoms with Crippen LogP contribution in [0, 0.1) is 19.8 Å². The predicted molar refractivity (Wildman–Crippen MR) is 63.1 cm³/mol. The Labute approximate surface area is 91.5 Å². The summed E-state index contributed by atoms with van der Waals surface area (Å²) in [7, 11) is 0. The third-order valence-electron chi connectivity index (χ3n) is 2.77. The number of benzene rings is 1. The molecule has 1 unspecified atom stereocenters. The molecule has 0 saturated carbocycles. The van der Waals surface area contributed by atoms with Crippen molar-refractivity contribution in [1.82, 2.24) is 0 Å². The minimum absolute atomic E-state index is 0.191. The summed E-state index contributed by atoms with van der Waals surface area (Å²) in [5.41, 5.74) is 8.69. The molecule has 0 aliphatic carbocycles. The van der Waals surface area contributed by atoms with Gasteiger partial charge in [-0.2, -0.15) is 0 Å². The Balaban J connectivity index is 2.78. The van der Waals surface area contributed by atoms with Crippen molar-refractivity contribution < 1.29 is 4.79 Å². The summed E-state index contributed by atoms with van der Waals surface area (Å²) >= 11 is 0. The summed E-state index contributed by atoms with van der Waals surface area (Å²) in [4.78, 5) is 11.8. The highest BCUT2D eigenvalue weighted by Crippen LogP contribution is 2.13. The van der Waals surface area contributed by atoms with Gasteiger partial charge in [0.15, 0.2) is 5.78 Å². The Bertz CT molecular complexity index is 358. The van der Waals surface area contributed by atoms with Gasteiger partial charge in [-0.1, -0.05) is 19.1 Å². The number of aryl methyl sites for hydroxylation is 2. The molecule has 1 aromatic rings. The number of ketones is 1. The van der Waals surface area contributed by atoms with Crippen molar-refractivity contribution in [2.75, 3.05) is 6.54 Å². The van der Waals surface area contributed by atoms with Gasteiger partial charge in [0.2, 0.25) is 0 Å². The largest absolute Gasteiger partial charge is 0.330 e. The fraction of sp³-hybridized carbons (Fsp3) is 0.462. The molecule has 0 spiro atoms. The van der Waals surface area contributed by atoms with Gasteiger partial charge in [0, 0.05) is 12.0 Å². The van der Waals surface area contributed by atoms with Gasteiger partial charge in [-0.05, 0) is 43.5 Å². The summed E-state index contributed by atoms with van der Waals surface area (Å²) < 4.78 is 0. The maximum absolute atomic E-state index is 11.8. The first-order chi connectivity index (χ1) is 7.04. The summed E-state index contributed by atoms with van der Waals surface area (Å²) in [6.07, 6.45) is 0.541. The number of carbonyl (C=O) groups is 1. The molecule has 0 radical (unpaired) electrons. The quantitative estimate of drug-likeness (QED) is 0.767. The topological polar surface area (TPSA) is 43.1 Å². The molecule has 2 nitrogen and oxygen atoms in total. The minimum Gasteiger partial charge on any atom is -0.330 e. The standard InChI is InChI=1S/C13H19NO/c1-9(8-14)6-13(15)12-5-4-10(2)11(3)7-12/h4-5,7,9H,6,8,14H2,1-3H3. The first-order valence-electron chi connectivity index (χ1n) is 5.35. The van der Waals surface area contributed by atoms with Crippen molar-refractivity contribution in [3.63, 3.8) is 0 Å². The van der Waals surface area contributed by atoms with Crippen LogP contribution >= 0.6 is 0 Å². The van der Waals surface area contributed by atoms with Gasteiger partial charge in [-0.3, -0.25) is 4.79 Å². The van der Waals surface area contributed by atoms with Crippen LogP contribution in [-0.2, 0) is 0 Å². The number of rotatable bonds is 4. The Morgan fingerprint density at radius 3 is 2.53 bits per heavy atom. The van der Waals surface area contributed by atoms with Crippen molar-refractivity contribution in [1.29, 1.82) is 0 Å². The van der Waals surface area contributed by atoms with Gasteiger partial charge >= 0.3 is 0 Å². The molecule has 0 heterocycles. The predicted octanol–water partition coefficient (Wildman–Crippen LogP) is 2.47. The van der Waals surface area contributed by atoms with Gasteiger partial charge in [-0.25, -0.2) is 0 Å². The maximum atomic E-state index is 11.8. The zero-order valence-corrected chi connectivity index (χ0v) is 9.71. The third-order valence-corrected chi connectivity index (χ3v) is 2.77. The average molecular weight is 205 g/mol. The molecule has 1 rings (SSSR count). The van der Waals surface area contributed by atoms with E-state index >= 15 is 0 Å². The smallest absolute Gasteiger partial charge is 0.163 e. The molecular weight excluding hydrogens is 186 g/mol. The molecule has 1 atom stereocenters. The molecule has 82 valence electrons. The number of nitrogens with two attached hydrogens (primary N) is 1. The SMILES string of the molecule is Cc1ccc(C(=O)CC(C)CN)cc1C. The van der Waals surface area contributed by atoms with Crippen LogP contribution < -0.4 is 5.73 Å². The average Bonchev–Trinajstić information content (AvgIpc) is 2.21. The fourth-order valence-electron chi connectivity index (χ4n) is 1.43. The Morgan fingerprint density at radius 2 is 2.00 bits per heavy atom. The van der Waals surface area contributed by atoms with Crippen molar-refractivity contribution in [2.45, 2.75) is 27.2 Å². The molecule has 0 saturated heterocycles. The van der Waals surface area contributed by atoms with Crippen LogP contribution in [0.15, 0.2) is 18.2 Å². The third kappa shape index (κ3) is 3.17. The van der Waals surface area contributed by atoms with Gasteiger partial charge in [0.25, 0.3) is 0 Å². The summed E-state index contributed by atoms with van der Waals surface area (Å²) in [5, 5.41) is 0. The molecule has 0 amide bonds. The monoisotopic (exact) mass is 205 g/mol. The van der Waals surface area contributed by atoms with E-state index in [0.29, 0.717) is 13.0 Å². The van der Waals surface area contributed by atoms with Crippen LogP contribution in [0.2, 0.25) is 0 Å². The zero-order valence-electron chi connectivity index (χ0n) is 9.71. The van der Waals surface area contributed by atoms with E-state index in [0.717, 1.165) is 5.56 Å². The lowest BCUT2D eigenvalue weighted by Crippen LogP contribution is -2.15. The highest BCUT2D eigenvalue weighted by Gasteiger charge is 2.10. The van der Waals surface area contributed by atoms with Gasteiger partial charge in [0.1, 0.15) is 0 Å². The van der Waals surface area contributed by atoms with Gasteiger partial charge in [-0.15, -0.1) is 0 Å². The van der Waals surface area contributed by atoms with Crippen LogP contribution in [0.5, 0.6) is 0 Å². The molecule has 0 aromatic heterocycles. The van der Waals surface area contributed by atoms with Crippen molar-refractivity contribution in [3.8, 4) is 0 Å². The Kier molecular flexibility index (Phi) is 4.04. The number of hydrogen-bond donors (Lipinski definition) is 1. The van der Waals surface area contributed by atoms with Gasteiger partial charge in [0.05, 0.1) is 0 Å². The fourth-order valence-corrected chi connectivity index (χ4v) is 1.43. The molecule has 0 aliphatic heterocycles. The van der Waals surface area contributed by atoms with E-state index in [-0.39, 0.29) is 11.7 Å². The molecular formula is C13H19NO. The second-order valence-corrected chi connectivity index (χ2v) is 4.27. The number of hydrogen-bond acceptors (Lipinski definition) is 2. The lowest BCUT2D eigenvalue weighted by Gasteiger charge is -2.08. The van der Waals surface area contributed by atoms with Crippen molar-refractivity contribution in [2.24, 2.45) is 11.7 Å². The van der Waals surface area contributed by atoms with Crippen LogP contribution in [0.4, 0.5) is 0 Å². The maximum Gasteiger partial charge on any atom is 0.163 e. The van der Waals surface area contributed by atoms with Crippen molar-refractivity contribution in [3.05, 3.63) is 34.9 Å². The highest BCUT2D eigenvalue weighted by molar-refractivity contribution is 5.96. The van der Waals surface area contributed by atoms with Crippen LogP contribution in [0.1, 0.15) is 34.8 Å². The van der Waals surface area contributed by atoms with Crippen LogP contribution in [0.25, 0.3) is 0 Å². The van der Waals surface area contributed by atoms with Crippen LogP contribution in [-0.4, -0.2) is 12.3 Å². The molecule has 2 N–H and O–H groups in total. The van der Waals surface area contributed by atoms with E-state index in [2.05, 4.69) is 0 Å². The highest BCUT2D eigenvalue weighted by atomic mass is 16.1. The molecule has 0 fully saturated rings. The zero-order chi connectivity index (χ0) is 11.4. The number of Topliss-reactive ketones (excluding diaryl/α,β-unsaturated/α-hetero) is 1. The molecule has 2 heteroatoms. The lowest BCUT2D eigenvalue weighted by molar-refractivity contribution is 0.0966. The molecule has 15 heavy (non-hydrogen) atoms. The van der Waals surface area contributed by atoms with E-state index in [9.17, 15) is 4.79 Å². The molecule has 1 aromatic carbocycles. The summed E-state index contributed by atoms with van der Waals surface area (Å²) in [6.45, 7) is 6.64. The van der Waals surface area contributed by atoms with E-state index in [4.69, 9.17) is 5.73 Å². The summed E-state index contributed by atoms with van der Waals surface area (Å²) in [6, 6.07) is 5.85. The summed E-state index contributed by atoms with van der Waals surface area (Å²) in [5.74, 6) is 0.454. The van der Waals surface area contributed by atoms with Crippen molar-refractivity contribution >= 4 is 5.78 Å². The normalized spacial score (nSPS) is 12.5. The first kappa shape index (κ1) is 11.9. The molecule has 0 bridgehead atoms. The van der Waals surface area contributed by atoms with E-state index < -0.39 is 0 Å². The number of carbonyl (C=O) groups excluding carboxylic acids is 1. The Morgan fingerprint density at radius 1 is 1.33 bits per heavy atom. The van der Waals surface area contributed by atoms with Crippen LogP contribution in [0.3, 0.4) is 0 Å².